The lowest BCUT2D eigenvalue weighted by atomic mass is 9.84. The lowest BCUT2D eigenvalue weighted by molar-refractivity contribution is -0.136. The summed E-state index contributed by atoms with van der Waals surface area (Å²) in [4.78, 5) is 21.2. The Bertz CT molecular complexity index is 831. The standard InChI is InChI=1S/C23H28N2O2/c1-6-25(7-2)23(26)20-21(19-16(4)13-15(3)14-17(19)5)24-27-22(20)18-11-9-8-10-12-18/h8-14,20,22H,6-7H2,1-5H3/t20-,22+/m1/s1. The molecule has 0 unspecified atom stereocenters. The minimum atomic E-state index is -0.438. The number of benzene rings is 2. The first-order chi connectivity index (χ1) is 13.0. The molecule has 1 heterocycles. The van der Waals surface area contributed by atoms with Gasteiger partial charge in [-0.3, -0.25) is 4.79 Å². The van der Waals surface area contributed by atoms with E-state index in [1.165, 1.54) is 5.56 Å². The molecule has 0 bridgehead atoms. The second kappa shape index (κ2) is 7.95. The Morgan fingerprint density at radius 1 is 1.04 bits per heavy atom. The van der Waals surface area contributed by atoms with E-state index < -0.39 is 12.0 Å². The molecule has 0 aliphatic carbocycles. The zero-order chi connectivity index (χ0) is 19.6. The summed E-state index contributed by atoms with van der Waals surface area (Å²) in [7, 11) is 0. The molecular weight excluding hydrogens is 336 g/mol. The van der Waals surface area contributed by atoms with Crippen LogP contribution in [0.4, 0.5) is 0 Å². The summed E-state index contributed by atoms with van der Waals surface area (Å²) in [6.45, 7) is 11.6. The molecule has 0 aromatic heterocycles. The monoisotopic (exact) mass is 364 g/mol. The summed E-state index contributed by atoms with van der Waals surface area (Å²) >= 11 is 0. The molecule has 27 heavy (non-hydrogen) atoms. The summed E-state index contributed by atoms with van der Waals surface area (Å²) in [5.41, 5.74) is 6.21. The number of carbonyl (C=O) groups excluding carboxylic acids is 1. The van der Waals surface area contributed by atoms with Crippen LogP contribution in [0.2, 0.25) is 0 Å². The molecule has 142 valence electrons. The average molecular weight is 364 g/mol. The summed E-state index contributed by atoms with van der Waals surface area (Å²) in [6, 6.07) is 14.2. The van der Waals surface area contributed by atoms with Crippen molar-refractivity contribution in [3.05, 3.63) is 70.3 Å². The summed E-state index contributed by atoms with van der Waals surface area (Å²) in [6.07, 6.45) is -0.394. The Morgan fingerprint density at radius 2 is 1.63 bits per heavy atom. The number of rotatable bonds is 5. The third-order valence-corrected chi connectivity index (χ3v) is 5.26. The highest BCUT2D eigenvalue weighted by Gasteiger charge is 2.43. The number of amides is 1. The van der Waals surface area contributed by atoms with E-state index in [0.29, 0.717) is 13.1 Å². The Kier molecular flexibility index (Phi) is 5.64. The van der Waals surface area contributed by atoms with Gasteiger partial charge in [0.25, 0.3) is 0 Å². The van der Waals surface area contributed by atoms with Gasteiger partial charge >= 0.3 is 0 Å². The van der Waals surface area contributed by atoms with Gasteiger partial charge in [0, 0.05) is 18.7 Å². The predicted molar refractivity (Wildman–Crippen MR) is 109 cm³/mol. The van der Waals surface area contributed by atoms with Crippen LogP contribution < -0.4 is 0 Å². The van der Waals surface area contributed by atoms with E-state index in [1.807, 2.05) is 49.1 Å². The van der Waals surface area contributed by atoms with E-state index in [9.17, 15) is 4.79 Å². The van der Waals surface area contributed by atoms with Gasteiger partial charge in [-0.2, -0.15) is 0 Å². The van der Waals surface area contributed by atoms with E-state index in [4.69, 9.17) is 4.84 Å². The Balaban J connectivity index is 2.09. The van der Waals surface area contributed by atoms with Crippen molar-refractivity contribution >= 4 is 11.6 Å². The summed E-state index contributed by atoms with van der Waals surface area (Å²) in [5, 5.41) is 4.44. The van der Waals surface area contributed by atoms with Gasteiger partial charge in [-0.25, -0.2) is 0 Å². The zero-order valence-corrected chi connectivity index (χ0v) is 16.8. The van der Waals surface area contributed by atoms with Gasteiger partial charge in [0.15, 0.2) is 6.10 Å². The van der Waals surface area contributed by atoms with Gasteiger partial charge in [0.05, 0.1) is 0 Å². The zero-order valence-electron chi connectivity index (χ0n) is 16.8. The lowest BCUT2D eigenvalue weighted by Crippen LogP contribution is -2.41. The maximum absolute atomic E-state index is 13.4. The molecule has 2 aromatic carbocycles. The van der Waals surface area contributed by atoms with Crippen LogP contribution in [0.1, 0.15) is 47.8 Å². The largest absolute Gasteiger partial charge is 0.386 e. The Morgan fingerprint density at radius 3 is 2.19 bits per heavy atom. The van der Waals surface area contributed by atoms with Gasteiger partial charge in [0.2, 0.25) is 5.91 Å². The van der Waals surface area contributed by atoms with Gasteiger partial charge in [-0.1, -0.05) is 53.2 Å². The molecule has 0 saturated heterocycles. The molecule has 0 N–H and O–H groups in total. The number of carbonyl (C=O) groups is 1. The number of hydrogen-bond acceptors (Lipinski definition) is 3. The van der Waals surface area contributed by atoms with Crippen molar-refractivity contribution in [1.29, 1.82) is 0 Å². The van der Waals surface area contributed by atoms with Crippen molar-refractivity contribution in [2.45, 2.75) is 40.7 Å². The maximum Gasteiger partial charge on any atom is 0.236 e. The molecule has 0 spiro atoms. The smallest absolute Gasteiger partial charge is 0.236 e. The fourth-order valence-electron chi connectivity index (χ4n) is 4.03. The minimum absolute atomic E-state index is 0.0736. The molecule has 4 nitrogen and oxygen atoms in total. The molecule has 1 aliphatic heterocycles. The molecular formula is C23H28N2O2. The normalized spacial score (nSPS) is 18.8. The van der Waals surface area contributed by atoms with E-state index >= 15 is 0 Å². The molecule has 1 amide bonds. The van der Waals surface area contributed by atoms with E-state index in [1.54, 1.807) is 0 Å². The van der Waals surface area contributed by atoms with Crippen molar-refractivity contribution in [3.8, 4) is 0 Å². The first-order valence-electron chi connectivity index (χ1n) is 9.63. The van der Waals surface area contributed by atoms with Crippen molar-refractivity contribution in [2.24, 2.45) is 11.1 Å². The lowest BCUT2D eigenvalue weighted by Gasteiger charge is -2.26. The molecule has 2 aromatic rings. The Labute approximate surface area is 161 Å². The van der Waals surface area contributed by atoms with Crippen LogP contribution in [0.3, 0.4) is 0 Å². The molecule has 0 saturated carbocycles. The number of hydrogen-bond donors (Lipinski definition) is 0. The number of nitrogens with zero attached hydrogens (tertiary/aromatic N) is 2. The van der Waals surface area contributed by atoms with Gasteiger partial charge in [0.1, 0.15) is 11.6 Å². The second-order valence-electron chi connectivity index (χ2n) is 7.18. The van der Waals surface area contributed by atoms with E-state index in [2.05, 4.69) is 38.1 Å². The van der Waals surface area contributed by atoms with Gasteiger partial charge in [-0.05, 0) is 51.3 Å². The quantitative estimate of drug-likeness (QED) is 0.780. The first-order valence-corrected chi connectivity index (χ1v) is 9.63. The van der Waals surface area contributed by atoms with Crippen LogP contribution >= 0.6 is 0 Å². The highest BCUT2D eigenvalue weighted by Crippen LogP contribution is 2.38. The van der Waals surface area contributed by atoms with Gasteiger partial charge < -0.3 is 9.74 Å². The number of aryl methyl sites for hydroxylation is 3. The molecule has 0 fully saturated rings. The number of oxime groups is 1. The maximum atomic E-state index is 13.4. The molecule has 3 rings (SSSR count). The average Bonchev–Trinajstić information content (AvgIpc) is 3.07. The third-order valence-electron chi connectivity index (χ3n) is 5.26. The van der Waals surface area contributed by atoms with Crippen LogP contribution in [-0.2, 0) is 9.63 Å². The molecule has 2 atom stereocenters. The summed E-state index contributed by atoms with van der Waals surface area (Å²) < 4.78 is 0. The second-order valence-corrected chi connectivity index (χ2v) is 7.18. The molecule has 4 heteroatoms. The van der Waals surface area contributed by atoms with Crippen LogP contribution in [-0.4, -0.2) is 29.6 Å². The van der Waals surface area contributed by atoms with Gasteiger partial charge in [-0.15, -0.1) is 0 Å². The van der Waals surface area contributed by atoms with Crippen molar-refractivity contribution in [1.82, 2.24) is 4.90 Å². The topological polar surface area (TPSA) is 41.9 Å². The first kappa shape index (κ1) is 19.2. The fourth-order valence-corrected chi connectivity index (χ4v) is 4.03. The van der Waals surface area contributed by atoms with Crippen LogP contribution in [0.15, 0.2) is 47.6 Å². The highest BCUT2D eigenvalue weighted by atomic mass is 16.6. The predicted octanol–water partition coefficient (Wildman–Crippen LogP) is 4.57. The van der Waals surface area contributed by atoms with Crippen molar-refractivity contribution in [3.63, 3.8) is 0 Å². The fraction of sp³-hybridized carbons (Fsp3) is 0.391. The highest BCUT2D eigenvalue weighted by molar-refractivity contribution is 6.15. The Hall–Kier alpha value is -2.62. The molecule has 1 aliphatic rings. The van der Waals surface area contributed by atoms with E-state index in [-0.39, 0.29) is 5.91 Å². The van der Waals surface area contributed by atoms with Crippen LogP contribution in [0.5, 0.6) is 0 Å². The van der Waals surface area contributed by atoms with Crippen LogP contribution in [0, 0.1) is 26.7 Å². The summed E-state index contributed by atoms with van der Waals surface area (Å²) in [5.74, 6) is -0.364. The SMILES string of the molecule is CCN(CC)C(=O)[C@@H]1C(c2c(C)cc(C)cc2C)=NO[C@H]1c1ccccc1. The van der Waals surface area contributed by atoms with Crippen LogP contribution in [0.25, 0.3) is 0 Å². The third kappa shape index (κ3) is 3.61. The van der Waals surface area contributed by atoms with Crippen molar-refractivity contribution in [2.75, 3.05) is 13.1 Å². The van der Waals surface area contributed by atoms with E-state index in [0.717, 1.165) is 28.0 Å². The molecule has 0 radical (unpaired) electrons. The minimum Gasteiger partial charge on any atom is -0.386 e. The van der Waals surface area contributed by atoms with Crippen molar-refractivity contribution < 1.29 is 9.63 Å².